The number of thioether (sulfide) groups is 1. The van der Waals surface area contributed by atoms with Crippen LogP contribution in [0.5, 0.6) is 0 Å². The minimum Gasteiger partial charge on any atom is -0.381 e. The van der Waals surface area contributed by atoms with Crippen LogP contribution in [0.1, 0.15) is 31.7 Å². The molecule has 25 heavy (non-hydrogen) atoms. The fourth-order valence-corrected chi connectivity index (χ4v) is 2.90. The lowest BCUT2D eigenvalue weighted by molar-refractivity contribution is -0.118. The highest BCUT2D eigenvalue weighted by Gasteiger charge is 2.09. The highest BCUT2D eigenvalue weighted by Crippen LogP contribution is 2.19. The molecule has 6 nitrogen and oxygen atoms in total. The van der Waals surface area contributed by atoms with E-state index in [4.69, 9.17) is 4.74 Å². The topological polar surface area (TPSA) is 69.0 Å². The Hall–Kier alpha value is -1.86. The number of carbonyl (C=O) groups excluding carboxylic acids is 1. The van der Waals surface area contributed by atoms with Crippen LogP contribution in [-0.2, 0) is 9.53 Å². The number of benzene rings is 1. The number of hydrogen-bond acceptors (Lipinski definition) is 5. The van der Waals surface area contributed by atoms with Gasteiger partial charge in [0.2, 0.25) is 5.91 Å². The Balaban J connectivity index is 1.70. The van der Waals surface area contributed by atoms with E-state index in [-0.39, 0.29) is 5.91 Å². The third-order valence-electron chi connectivity index (χ3n) is 3.59. The Kier molecular flexibility index (Phi) is 8.48. The lowest BCUT2D eigenvalue weighted by Crippen LogP contribution is -2.27. The lowest BCUT2D eigenvalue weighted by Gasteiger charge is -2.07. The maximum absolute atomic E-state index is 11.9. The van der Waals surface area contributed by atoms with Crippen LogP contribution < -0.4 is 5.32 Å². The van der Waals surface area contributed by atoms with Gasteiger partial charge in [-0.3, -0.25) is 9.36 Å². The van der Waals surface area contributed by atoms with Crippen molar-refractivity contribution in [1.29, 1.82) is 0 Å². The zero-order chi connectivity index (χ0) is 17.9. The minimum absolute atomic E-state index is 0.00276. The van der Waals surface area contributed by atoms with E-state index in [1.54, 1.807) is 6.33 Å². The third kappa shape index (κ3) is 6.88. The van der Waals surface area contributed by atoms with Crippen LogP contribution in [-0.4, -0.2) is 46.2 Å². The van der Waals surface area contributed by atoms with Gasteiger partial charge in [0.25, 0.3) is 0 Å². The van der Waals surface area contributed by atoms with E-state index in [9.17, 15) is 4.79 Å². The van der Waals surface area contributed by atoms with Crippen molar-refractivity contribution in [3.63, 3.8) is 0 Å². The van der Waals surface area contributed by atoms with Crippen molar-refractivity contribution in [1.82, 2.24) is 20.1 Å². The zero-order valence-electron chi connectivity index (χ0n) is 14.9. The molecule has 136 valence electrons. The van der Waals surface area contributed by atoms with Gasteiger partial charge in [0.05, 0.1) is 5.75 Å². The van der Waals surface area contributed by atoms with Crippen molar-refractivity contribution in [3.05, 3.63) is 36.2 Å². The van der Waals surface area contributed by atoms with Gasteiger partial charge < -0.3 is 10.1 Å². The summed E-state index contributed by atoms with van der Waals surface area (Å²) in [7, 11) is 0. The summed E-state index contributed by atoms with van der Waals surface area (Å²) in [5, 5.41) is 11.7. The molecule has 1 heterocycles. The van der Waals surface area contributed by atoms with E-state index >= 15 is 0 Å². The number of ether oxygens (including phenoxy) is 1. The van der Waals surface area contributed by atoms with Crippen molar-refractivity contribution in [2.45, 2.75) is 38.3 Å². The normalized spacial score (nSPS) is 10.8. The number of aryl methyl sites for hydroxylation is 1. The van der Waals surface area contributed by atoms with E-state index in [1.165, 1.54) is 17.3 Å². The Labute approximate surface area is 153 Å². The molecule has 1 amide bonds. The number of nitrogens with one attached hydrogen (secondary N) is 1. The second-order valence-electron chi connectivity index (χ2n) is 5.78. The van der Waals surface area contributed by atoms with Gasteiger partial charge in [-0.15, -0.1) is 10.2 Å². The van der Waals surface area contributed by atoms with Crippen LogP contribution in [0.3, 0.4) is 0 Å². The van der Waals surface area contributed by atoms with Crippen molar-refractivity contribution >= 4 is 17.7 Å². The molecule has 0 fully saturated rings. The number of rotatable bonds is 11. The molecule has 0 atom stereocenters. The summed E-state index contributed by atoms with van der Waals surface area (Å²) in [4.78, 5) is 11.9. The van der Waals surface area contributed by atoms with Gasteiger partial charge in [-0.05, 0) is 31.9 Å². The first-order chi connectivity index (χ1) is 12.2. The number of hydrogen-bond donors (Lipinski definition) is 1. The van der Waals surface area contributed by atoms with Gasteiger partial charge in [-0.25, -0.2) is 0 Å². The second-order valence-corrected chi connectivity index (χ2v) is 6.72. The van der Waals surface area contributed by atoms with Gasteiger partial charge in [0.1, 0.15) is 6.33 Å². The molecule has 0 saturated carbocycles. The van der Waals surface area contributed by atoms with Crippen molar-refractivity contribution in [2.24, 2.45) is 0 Å². The largest absolute Gasteiger partial charge is 0.381 e. The zero-order valence-corrected chi connectivity index (χ0v) is 15.7. The van der Waals surface area contributed by atoms with E-state index in [1.807, 2.05) is 35.8 Å². The predicted molar refractivity (Wildman–Crippen MR) is 100 cm³/mol. The van der Waals surface area contributed by atoms with Crippen LogP contribution >= 0.6 is 11.8 Å². The number of nitrogens with zero attached hydrogens (tertiary/aromatic N) is 3. The van der Waals surface area contributed by atoms with Gasteiger partial charge in [-0.2, -0.15) is 0 Å². The van der Waals surface area contributed by atoms with Gasteiger partial charge in [0.15, 0.2) is 5.16 Å². The molecule has 7 heteroatoms. The fourth-order valence-electron chi connectivity index (χ4n) is 2.14. The maximum Gasteiger partial charge on any atom is 0.230 e. The molecule has 2 aromatic rings. The van der Waals surface area contributed by atoms with Crippen molar-refractivity contribution < 1.29 is 9.53 Å². The van der Waals surface area contributed by atoms with Gasteiger partial charge >= 0.3 is 0 Å². The average Bonchev–Trinajstić information content (AvgIpc) is 3.08. The molecule has 0 saturated heterocycles. The molecule has 0 aliphatic carbocycles. The van der Waals surface area contributed by atoms with Crippen LogP contribution in [0.2, 0.25) is 0 Å². The number of carbonyl (C=O) groups is 1. The first-order valence-electron chi connectivity index (χ1n) is 8.65. The molecule has 1 aromatic carbocycles. The molecular formula is C18H26N4O2S. The summed E-state index contributed by atoms with van der Waals surface area (Å²) < 4.78 is 7.36. The molecule has 0 unspecified atom stereocenters. The molecule has 0 aliphatic heterocycles. The minimum atomic E-state index is -0.00276. The monoisotopic (exact) mass is 362 g/mol. The van der Waals surface area contributed by atoms with Crippen LogP contribution in [0.15, 0.2) is 35.7 Å². The van der Waals surface area contributed by atoms with Gasteiger partial charge in [-0.1, -0.05) is 42.8 Å². The smallest absolute Gasteiger partial charge is 0.230 e. The highest BCUT2D eigenvalue weighted by molar-refractivity contribution is 7.99. The van der Waals surface area contributed by atoms with Crippen molar-refractivity contribution in [2.75, 3.05) is 25.5 Å². The van der Waals surface area contributed by atoms with Crippen LogP contribution in [0, 0.1) is 6.92 Å². The SMILES string of the molecule is CCCCOCCCNC(=O)CSc1nncn1-c1ccc(C)cc1. The summed E-state index contributed by atoms with van der Waals surface area (Å²) >= 11 is 1.38. The average molecular weight is 362 g/mol. The summed E-state index contributed by atoms with van der Waals surface area (Å²) in [6, 6.07) is 8.11. The van der Waals surface area contributed by atoms with E-state index in [0.29, 0.717) is 24.1 Å². The standard InChI is InChI=1S/C18H26N4O2S/c1-3-4-11-24-12-5-10-19-17(23)13-25-18-21-20-14-22(18)16-8-6-15(2)7-9-16/h6-9,14H,3-5,10-13H2,1-2H3,(H,19,23). The first-order valence-corrected chi connectivity index (χ1v) is 9.63. The van der Waals surface area contributed by atoms with E-state index in [0.717, 1.165) is 31.6 Å². The Morgan fingerprint density at radius 1 is 1.24 bits per heavy atom. The molecule has 0 bridgehead atoms. The van der Waals surface area contributed by atoms with E-state index in [2.05, 4.69) is 22.4 Å². The first kappa shape index (κ1) is 19.5. The summed E-state index contributed by atoms with van der Waals surface area (Å²) in [5.74, 6) is 0.318. The van der Waals surface area contributed by atoms with Gasteiger partial charge in [0, 0.05) is 25.4 Å². The number of amides is 1. The van der Waals surface area contributed by atoms with E-state index < -0.39 is 0 Å². The molecule has 0 spiro atoms. The quantitative estimate of drug-likeness (QED) is 0.492. The summed E-state index contributed by atoms with van der Waals surface area (Å²) in [5.41, 5.74) is 2.19. The molecule has 0 aliphatic rings. The molecule has 1 N–H and O–H groups in total. The van der Waals surface area contributed by atoms with Crippen LogP contribution in [0.4, 0.5) is 0 Å². The van der Waals surface area contributed by atoms with Crippen molar-refractivity contribution in [3.8, 4) is 5.69 Å². The third-order valence-corrected chi connectivity index (χ3v) is 4.53. The lowest BCUT2D eigenvalue weighted by atomic mass is 10.2. The highest BCUT2D eigenvalue weighted by atomic mass is 32.2. The maximum atomic E-state index is 11.9. The Morgan fingerprint density at radius 2 is 2.00 bits per heavy atom. The molecule has 0 radical (unpaired) electrons. The Bertz CT molecular complexity index is 643. The fraction of sp³-hybridized carbons (Fsp3) is 0.500. The molecule has 1 aromatic heterocycles. The summed E-state index contributed by atoms with van der Waals surface area (Å²) in [6.45, 7) is 6.31. The molecule has 2 rings (SSSR count). The summed E-state index contributed by atoms with van der Waals surface area (Å²) in [6.07, 6.45) is 4.73. The Morgan fingerprint density at radius 3 is 2.76 bits per heavy atom. The molecular weight excluding hydrogens is 336 g/mol. The predicted octanol–water partition coefficient (Wildman–Crippen LogP) is 2.99. The number of aromatic nitrogens is 3. The second kappa shape index (κ2) is 10.9. The van der Waals surface area contributed by atoms with Crippen LogP contribution in [0.25, 0.3) is 5.69 Å². The number of unbranched alkanes of at least 4 members (excludes halogenated alkanes) is 1.